The van der Waals surface area contributed by atoms with Crippen LogP contribution in [-0.4, -0.2) is 85.8 Å². The third kappa shape index (κ3) is 6.42. The fourth-order valence-electron chi connectivity index (χ4n) is 4.20. The predicted molar refractivity (Wildman–Crippen MR) is 133 cm³/mol. The van der Waals surface area contributed by atoms with Crippen LogP contribution in [0.15, 0.2) is 47.6 Å². The second-order valence-corrected chi connectivity index (χ2v) is 8.83. The molecule has 2 heterocycles. The van der Waals surface area contributed by atoms with Gasteiger partial charge in [-0.1, -0.05) is 18.2 Å². The zero-order valence-corrected chi connectivity index (χ0v) is 20.0. The number of nitrogens with zero attached hydrogens (tertiary/aromatic N) is 4. The first-order valence-corrected chi connectivity index (χ1v) is 11.9. The zero-order valence-electron chi connectivity index (χ0n) is 20.0. The highest BCUT2D eigenvalue weighted by Crippen LogP contribution is 2.23. The lowest BCUT2D eigenvalue weighted by molar-refractivity contribution is -0.144. The van der Waals surface area contributed by atoms with Gasteiger partial charge in [-0.2, -0.15) is 5.10 Å². The number of esters is 1. The number of hydrazone groups is 1. The molecule has 0 atom stereocenters. The fraction of sp³-hybridized carbons (Fsp3) is 0.423. The highest BCUT2D eigenvalue weighted by Gasteiger charge is 2.19. The number of rotatable bonds is 7. The average molecular weight is 464 g/mol. The van der Waals surface area contributed by atoms with Gasteiger partial charge in [0, 0.05) is 50.5 Å². The number of piperazine rings is 1. The average Bonchev–Trinajstić information content (AvgIpc) is 2.84. The molecule has 0 unspecified atom stereocenters. The molecule has 0 radical (unpaired) electrons. The summed E-state index contributed by atoms with van der Waals surface area (Å²) in [5.41, 5.74) is 4.69. The number of hydrogen-bond acceptors (Lipinski definition) is 7. The lowest BCUT2D eigenvalue weighted by Crippen LogP contribution is -2.41. The van der Waals surface area contributed by atoms with Crippen LogP contribution in [0.25, 0.3) is 0 Å². The number of nitrogens with one attached hydrogen (secondary N) is 1. The van der Waals surface area contributed by atoms with Crippen LogP contribution in [0, 0.1) is 0 Å². The minimum Gasteiger partial charge on any atom is -0.465 e. The summed E-state index contributed by atoms with van der Waals surface area (Å²) in [7, 11) is 2.12. The molecule has 4 rings (SSSR count). The lowest BCUT2D eigenvalue weighted by Gasteiger charge is -2.30. The molecule has 0 aromatic heterocycles. The van der Waals surface area contributed by atoms with Gasteiger partial charge < -0.3 is 15.0 Å². The lowest BCUT2D eigenvalue weighted by atomic mass is 9.99. The highest BCUT2D eigenvalue weighted by molar-refractivity contribution is 6.04. The van der Waals surface area contributed by atoms with Gasteiger partial charge in [-0.25, -0.2) is 0 Å². The smallest absolute Gasteiger partial charge is 0.320 e. The van der Waals surface area contributed by atoms with Gasteiger partial charge in [0.2, 0.25) is 0 Å². The highest BCUT2D eigenvalue weighted by atomic mass is 16.5. The van der Waals surface area contributed by atoms with E-state index in [0.717, 1.165) is 56.0 Å². The molecule has 2 aliphatic rings. The first kappa shape index (κ1) is 23.9. The molecule has 0 saturated carbocycles. The van der Waals surface area contributed by atoms with E-state index in [4.69, 9.17) is 4.74 Å². The Bertz CT molecular complexity index is 1030. The third-order valence-corrected chi connectivity index (χ3v) is 6.24. The molecule has 0 aliphatic carbocycles. The maximum Gasteiger partial charge on any atom is 0.320 e. The van der Waals surface area contributed by atoms with Gasteiger partial charge in [0.25, 0.3) is 5.91 Å². The molecule has 180 valence electrons. The van der Waals surface area contributed by atoms with E-state index < -0.39 is 0 Å². The van der Waals surface area contributed by atoms with Crippen LogP contribution < -0.4 is 5.32 Å². The molecule has 1 amide bonds. The minimum atomic E-state index is -0.201. The van der Waals surface area contributed by atoms with Crippen LogP contribution in [0.2, 0.25) is 0 Å². The van der Waals surface area contributed by atoms with Gasteiger partial charge in [0.1, 0.15) is 0 Å². The number of carbonyl (C=O) groups is 2. The predicted octanol–water partition coefficient (Wildman–Crippen LogP) is 2.44. The van der Waals surface area contributed by atoms with Gasteiger partial charge in [0.05, 0.1) is 19.4 Å². The molecule has 8 heteroatoms. The summed E-state index contributed by atoms with van der Waals surface area (Å²) in [5, 5.41) is 9.62. The molecule has 1 saturated heterocycles. The molecule has 34 heavy (non-hydrogen) atoms. The molecule has 2 aromatic carbocycles. The molecule has 0 spiro atoms. The molecular formula is C26H33N5O3. The number of ether oxygens (including phenoxy) is 1. The van der Waals surface area contributed by atoms with Crippen LogP contribution in [0.5, 0.6) is 0 Å². The van der Waals surface area contributed by atoms with Crippen molar-refractivity contribution in [1.82, 2.24) is 14.8 Å². The molecule has 1 fully saturated rings. The monoisotopic (exact) mass is 463 g/mol. The van der Waals surface area contributed by atoms with Gasteiger partial charge in [0.15, 0.2) is 0 Å². The molecule has 8 nitrogen and oxygen atoms in total. The van der Waals surface area contributed by atoms with Crippen molar-refractivity contribution in [3.8, 4) is 0 Å². The standard InChI is InChI=1S/C26H33N5O3/c1-3-34-25(32)19-30-11-10-21-8-9-24(16-23(21)18-30)28-26(33)22-6-4-20(5-7-22)17-27-31-14-12-29(2)13-15-31/h4-9,16-17H,3,10-15,18-19H2,1-2H3,(H,28,33)/b27-17+. The first-order chi connectivity index (χ1) is 16.5. The van der Waals surface area contributed by atoms with Gasteiger partial charge in [-0.15, -0.1) is 0 Å². The van der Waals surface area contributed by atoms with E-state index in [9.17, 15) is 9.59 Å². The van der Waals surface area contributed by atoms with Crippen LogP contribution in [0.4, 0.5) is 5.69 Å². The number of hydrogen-bond donors (Lipinski definition) is 1. The van der Waals surface area contributed by atoms with E-state index in [0.29, 0.717) is 18.7 Å². The molecule has 2 aliphatic heterocycles. The number of amides is 1. The maximum absolute atomic E-state index is 12.8. The van der Waals surface area contributed by atoms with Crippen LogP contribution in [0.3, 0.4) is 0 Å². The van der Waals surface area contributed by atoms with Crippen molar-refractivity contribution in [1.29, 1.82) is 0 Å². The summed E-state index contributed by atoms with van der Waals surface area (Å²) < 4.78 is 5.07. The van der Waals surface area contributed by atoms with Crippen molar-refractivity contribution in [2.75, 3.05) is 58.2 Å². The second-order valence-electron chi connectivity index (χ2n) is 8.83. The Morgan fingerprint density at radius 2 is 1.79 bits per heavy atom. The van der Waals surface area contributed by atoms with Crippen molar-refractivity contribution in [3.05, 3.63) is 64.7 Å². The minimum absolute atomic E-state index is 0.151. The Hall–Kier alpha value is -3.23. The van der Waals surface area contributed by atoms with E-state index in [1.165, 1.54) is 5.56 Å². The second kappa shape index (κ2) is 11.3. The van der Waals surface area contributed by atoms with Crippen LogP contribution >= 0.6 is 0 Å². The van der Waals surface area contributed by atoms with E-state index in [2.05, 4.69) is 38.3 Å². The quantitative estimate of drug-likeness (QED) is 0.502. The summed E-state index contributed by atoms with van der Waals surface area (Å²) in [5.74, 6) is -0.353. The van der Waals surface area contributed by atoms with Gasteiger partial charge >= 0.3 is 5.97 Å². The summed E-state index contributed by atoms with van der Waals surface area (Å²) in [6.07, 6.45) is 2.72. The Balaban J connectivity index is 1.33. The topological polar surface area (TPSA) is 77.5 Å². The van der Waals surface area contributed by atoms with Crippen molar-refractivity contribution in [3.63, 3.8) is 0 Å². The Kier molecular flexibility index (Phi) is 7.92. The summed E-state index contributed by atoms with van der Waals surface area (Å²) in [4.78, 5) is 29.0. The maximum atomic E-state index is 12.8. The summed E-state index contributed by atoms with van der Waals surface area (Å²) >= 11 is 0. The Morgan fingerprint density at radius 3 is 2.53 bits per heavy atom. The summed E-state index contributed by atoms with van der Waals surface area (Å²) in [6, 6.07) is 13.5. The zero-order chi connectivity index (χ0) is 23.9. The van der Waals surface area contributed by atoms with Crippen molar-refractivity contribution < 1.29 is 14.3 Å². The van der Waals surface area contributed by atoms with Gasteiger partial charge in [-0.3, -0.25) is 19.5 Å². The molecule has 1 N–H and O–H groups in total. The number of anilines is 1. The Morgan fingerprint density at radius 1 is 1.03 bits per heavy atom. The third-order valence-electron chi connectivity index (χ3n) is 6.24. The molecule has 0 bridgehead atoms. The number of fused-ring (bicyclic) bond motifs is 1. The van der Waals surface area contributed by atoms with Gasteiger partial charge in [-0.05, 0) is 61.3 Å². The van der Waals surface area contributed by atoms with Crippen LogP contribution in [0.1, 0.15) is 34.0 Å². The summed E-state index contributed by atoms with van der Waals surface area (Å²) in [6.45, 7) is 7.86. The van der Waals surface area contributed by atoms with Crippen molar-refractivity contribution in [2.24, 2.45) is 5.10 Å². The van der Waals surface area contributed by atoms with Crippen LogP contribution in [-0.2, 0) is 22.5 Å². The van der Waals surface area contributed by atoms with Crippen molar-refractivity contribution in [2.45, 2.75) is 19.9 Å². The Labute approximate surface area is 201 Å². The van der Waals surface area contributed by atoms with E-state index in [1.807, 2.05) is 49.5 Å². The molecule has 2 aromatic rings. The number of likely N-dealkylation sites (N-methyl/N-ethyl adjacent to an activating group) is 1. The number of benzene rings is 2. The first-order valence-electron chi connectivity index (χ1n) is 11.9. The molecular weight excluding hydrogens is 430 g/mol. The largest absolute Gasteiger partial charge is 0.465 e. The van der Waals surface area contributed by atoms with Crippen molar-refractivity contribution >= 4 is 23.8 Å². The SMILES string of the molecule is CCOC(=O)CN1CCc2ccc(NC(=O)c3ccc(/C=N/N4CCN(C)CC4)cc3)cc2C1. The number of carbonyl (C=O) groups excluding carboxylic acids is 2. The normalized spacial score (nSPS) is 16.9. The van der Waals surface area contributed by atoms with E-state index >= 15 is 0 Å². The van der Waals surface area contributed by atoms with E-state index in [1.54, 1.807) is 0 Å². The fourth-order valence-corrected chi connectivity index (χ4v) is 4.20. The van der Waals surface area contributed by atoms with E-state index in [-0.39, 0.29) is 18.4 Å².